The summed E-state index contributed by atoms with van der Waals surface area (Å²) >= 11 is 0. The molecule has 2 aromatic rings. The van der Waals surface area contributed by atoms with Crippen LogP contribution in [-0.2, 0) is 17.9 Å². The molecule has 1 amide bonds. The van der Waals surface area contributed by atoms with E-state index < -0.39 is 0 Å². The molecular formula is C16H22N4O. The topological polar surface area (TPSA) is 59.0 Å². The number of hydrogen-bond acceptors (Lipinski definition) is 3. The minimum atomic E-state index is 0.0221. The number of aromatic nitrogens is 2. The molecule has 112 valence electrons. The zero-order valence-electron chi connectivity index (χ0n) is 12.8. The molecule has 0 aliphatic rings. The normalized spacial score (nSPS) is 10.4. The second kappa shape index (κ2) is 6.92. The van der Waals surface area contributed by atoms with Gasteiger partial charge in [0.25, 0.3) is 0 Å². The lowest BCUT2D eigenvalue weighted by Crippen LogP contribution is -2.10. The molecule has 5 nitrogen and oxygen atoms in total. The van der Waals surface area contributed by atoms with Gasteiger partial charge < -0.3 is 15.2 Å². The summed E-state index contributed by atoms with van der Waals surface area (Å²) in [5, 5.41) is 6.29. The van der Waals surface area contributed by atoms with E-state index in [1.807, 2.05) is 44.6 Å². The number of carbonyl (C=O) groups excluding carboxylic acids is 1. The van der Waals surface area contributed by atoms with Crippen LogP contribution in [0, 0.1) is 6.92 Å². The van der Waals surface area contributed by atoms with Gasteiger partial charge in [0, 0.05) is 30.5 Å². The van der Waals surface area contributed by atoms with Gasteiger partial charge in [-0.25, -0.2) is 4.98 Å². The Kier molecular flexibility index (Phi) is 4.98. The largest absolute Gasteiger partial charge is 0.379 e. The first-order valence-electron chi connectivity index (χ1n) is 7.27. The predicted octanol–water partition coefficient (Wildman–Crippen LogP) is 3.17. The summed E-state index contributed by atoms with van der Waals surface area (Å²) in [6, 6.07) is 5.89. The van der Waals surface area contributed by atoms with Crippen LogP contribution < -0.4 is 10.6 Å². The molecule has 0 saturated heterocycles. The summed E-state index contributed by atoms with van der Waals surface area (Å²) < 4.78 is 2.10. The number of hydrogen-bond donors (Lipinski definition) is 2. The predicted molar refractivity (Wildman–Crippen MR) is 85.3 cm³/mol. The lowest BCUT2D eigenvalue weighted by Gasteiger charge is -2.13. The van der Waals surface area contributed by atoms with Crippen LogP contribution in [0.5, 0.6) is 0 Å². The van der Waals surface area contributed by atoms with Crippen LogP contribution in [0.4, 0.5) is 11.4 Å². The van der Waals surface area contributed by atoms with Gasteiger partial charge in [0.15, 0.2) is 0 Å². The fourth-order valence-corrected chi connectivity index (χ4v) is 2.11. The number of anilines is 2. The first-order chi connectivity index (χ1) is 10.1. The highest BCUT2D eigenvalue weighted by atomic mass is 16.1. The summed E-state index contributed by atoms with van der Waals surface area (Å²) in [6.45, 7) is 7.60. The van der Waals surface area contributed by atoms with Gasteiger partial charge in [0.1, 0.15) is 0 Å². The summed E-state index contributed by atoms with van der Waals surface area (Å²) in [6.07, 6.45) is 4.18. The number of nitrogens with one attached hydrogen (secondary N) is 2. The first kappa shape index (κ1) is 15.1. The molecule has 0 atom stereocenters. The van der Waals surface area contributed by atoms with Crippen LogP contribution in [-0.4, -0.2) is 15.5 Å². The van der Waals surface area contributed by atoms with Crippen LogP contribution in [0.1, 0.15) is 31.5 Å². The monoisotopic (exact) mass is 286 g/mol. The average Bonchev–Trinajstić information content (AvgIpc) is 2.95. The van der Waals surface area contributed by atoms with E-state index in [0.29, 0.717) is 13.0 Å². The summed E-state index contributed by atoms with van der Waals surface area (Å²) in [4.78, 5) is 15.6. The smallest absolute Gasteiger partial charge is 0.224 e. The van der Waals surface area contributed by atoms with Crippen LogP contribution in [0.3, 0.4) is 0 Å². The molecule has 0 fully saturated rings. The summed E-state index contributed by atoms with van der Waals surface area (Å²) in [5.74, 6) is 0.0221. The van der Waals surface area contributed by atoms with Gasteiger partial charge in [-0.1, -0.05) is 13.0 Å². The van der Waals surface area contributed by atoms with Gasteiger partial charge in [-0.3, -0.25) is 4.79 Å². The molecule has 21 heavy (non-hydrogen) atoms. The molecule has 1 heterocycles. The van der Waals surface area contributed by atoms with Crippen LogP contribution in [0.15, 0.2) is 30.7 Å². The number of rotatable bonds is 6. The highest BCUT2D eigenvalue weighted by Gasteiger charge is 2.05. The third-order valence-electron chi connectivity index (χ3n) is 3.44. The standard InChI is InChI=1S/C16H22N4O/c1-4-16(21)19-13-7-6-12(3)15(8-13)18-10-14-9-17-11-20(14)5-2/h6-9,11,18H,4-5,10H2,1-3H3,(H,19,21). The van der Waals surface area contributed by atoms with Crippen molar-refractivity contribution in [3.63, 3.8) is 0 Å². The number of amides is 1. The lowest BCUT2D eigenvalue weighted by molar-refractivity contribution is -0.115. The second-order valence-corrected chi connectivity index (χ2v) is 4.96. The molecule has 2 N–H and O–H groups in total. The molecule has 0 unspecified atom stereocenters. The Hall–Kier alpha value is -2.30. The van der Waals surface area contributed by atoms with E-state index in [-0.39, 0.29) is 5.91 Å². The molecule has 0 saturated carbocycles. The van der Waals surface area contributed by atoms with Gasteiger partial charge in [0.05, 0.1) is 18.6 Å². The van der Waals surface area contributed by atoms with E-state index in [0.717, 1.165) is 29.2 Å². The van der Waals surface area contributed by atoms with Gasteiger partial charge in [0.2, 0.25) is 5.91 Å². The third-order valence-corrected chi connectivity index (χ3v) is 3.44. The minimum Gasteiger partial charge on any atom is -0.379 e. The van der Waals surface area contributed by atoms with E-state index >= 15 is 0 Å². The van der Waals surface area contributed by atoms with E-state index in [9.17, 15) is 4.79 Å². The molecule has 5 heteroatoms. The number of imidazole rings is 1. The van der Waals surface area contributed by atoms with Crippen LogP contribution >= 0.6 is 0 Å². The number of carbonyl (C=O) groups is 1. The number of benzene rings is 1. The van der Waals surface area contributed by atoms with Crippen LogP contribution in [0.2, 0.25) is 0 Å². The summed E-state index contributed by atoms with van der Waals surface area (Å²) in [5.41, 5.74) is 4.12. The first-order valence-corrected chi connectivity index (χ1v) is 7.27. The number of nitrogens with zero attached hydrogens (tertiary/aromatic N) is 2. The Bertz CT molecular complexity index is 618. The van der Waals surface area contributed by atoms with Crippen molar-refractivity contribution in [2.75, 3.05) is 10.6 Å². The van der Waals surface area contributed by atoms with Crippen molar-refractivity contribution >= 4 is 17.3 Å². The van der Waals surface area contributed by atoms with Gasteiger partial charge >= 0.3 is 0 Å². The molecule has 0 bridgehead atoms. The molecule has 1 aromatic carbocycles. The average molecular weight is 286 g/mol. The van der Waals surface area contributed by atoms with Crippen molar-refractivity contribution in [2.45, 2.75) is 40.3 Å². The molecule has 1 aromatic heterocycles. The van der Waals surface area contributed by atoms with E-state index in [2.05, 4.69) is 27.1 Å². The molecule has 0 radical (unpaired) electrons. The van der Waals surface area contributed by atoms with Gasteiger partial charge in [-0.15, -0.1) is 0 Å². The molecular weight excluding hydrogens is 264 g/mol. The fourth-order valence-electron chi connectivity index (χ4n) is 2.11. The zero-order valence-corrected chi connectivity index (χ0v) is 12.8. The maximum Gasteiger partial charge on any atom is 0.224 e. The Labute approximate surface area is 125 Å². The van der Waals surface area contributed by atoms with Crippen LogP contribution in [0.25, 0.3) is 0 Å². The molecule has 0 aliphatic heterocycles. The Morgan fingerprint density at radius 3 is 2.86 bits per heavy atom. The van der Waals surface area contributed by atoms with Crippen molar-refractivity contribution in [3.05, 3.63) is 42.0 Å². The van der Waals surface area contributed by atoms with E-state index in [4.69, 9.17) is 0 Å². The fraction of sp³-hybridized carbons (Fsp3) is 0.375. The second-order valence-electron chi connectivity index (χ2n) is 4.96. The minimum absolute atomic E-state index is 0.0221. The maximum atomic E-state index is 11.5. The Morgan fingerprint density at radius 2 is 2.14 bits per heavy atom. The van der Waals surface area contributed by atoms with E-state index in [1.54, 1.807) is 0 Å². The van der Waals surface area contributed by atoms with Crippen molar-refractivity contribution in [3.8, 4) is 0 Å². The molecule has 0 spiro atoms. The van der Waals surface area contributed by atoms with Crippen molar-refractivity contribution in [2.24, 2.45) is 0 Å². The highest BCUT2D eigenvalue weighted by molar-refractivity contribution is 5.91. The van der Waals surface area contributed by atoms with Crippen molar-refractivity contribution in [1.82, 2.24) is 9.55 Å². The van der Waals surface area contributed by atoms with Crippen molar-refractivity contribution < 1.29 is 4.79 Å². The quantitative estimate of drug-likeness (QED) is 0.857. The highest BCUT2D eigenvalue weighted by Crippen LogP contribution is 2.21. The molecule has 0 aliphatic carbocycles. The Morgan fingerprint density at radius 1 is 1.33 bits per heavy atom. The van der Waals surface area contributed by atoms with Gasteiger partial charge in [-0.05, 0) is 31.5 Å². The van der Waals surface area contributed by atoms with Gasteiger partial charge in [-0.2, -0.15) is 0 Å². The maximum absolute atomic E-state index is 11.5. The number of aryl methyl sites for hydroxylation is 2. The Balaban J connectivity index is 2.08. The SMILES string of the molecule is CCC(=O)Nc1ccc(C)c(NCc2cncn2CC)c1. The summed E-state index contributed by atoms with van der Waals surface area (Å²) in [7, 11) is 0. The molecule has 2 rings (SSSR count). The third kappa shape index (κ3) is 3.84. The zero-order chi connectivity index (χ0) is 15.2. The lowest BCUT2D eigenvalue weighted by atomic mass is 10.1. The van der Waals surface area contributed by atoms with E-state index in [1.165, 1.54) is 0 Å². The van der Waals surface area contributed by atoms with Crippen molar-refractivity contribution in [1.29, 1.82) is 0 Å².